The summed E-state index contributed by atoms with van der Waals surface area (Å²) in [7, 11) is 0. The second-order valence-electron chi connectivity index (χ2n) is 8.29. The van der Waals surface area contributed by atoms with Crippen LogP contribution < -0.4 is 5.11 Å². The van der Waals surface area contributed by atoms with Crippen LogP contribution in [0.3, 0.4) is 0 Å². The lowest BCUT2D eigenvalue weighted by Crippen LogP contribution is -2.71. The summed E-state index contributed by atoms with van der Waals surface area (Å²) in [6.07, 6.45) is 15.4. The lowest BCUT2D eigenvalue weighted by Gasteiger charge is -2.48. The Balaban J connectivity index is 4.84. The van der Waals surface area contributed by atoms with Crippen molar-refractivity contribution in [3.05, 3.63) is 12.2 Å². The first-order valence-corrected chi connectivity index (χ1v) is 11.3. The van der Waals surface area contributed by atoms with Crippen molar-refractivity contribution < 1.29 is 34.2 Å². The van der Waals surface area contributed by atoms with E-state index in [1.54, 1.807) is 6.08 Å². The molecular formula is C23H41NO6. The topological polar surface area (TPSA) is 115 Å². The highest BCUT2D eigenvalue weighted by molar-refractivity contribution is 5.77. The smallest absolute Gasteiger partial charge is 0.362 e. The fourth-order valence-electron chi connectivity index (χ4n) is 4.04. The third-order valence-corrected chi connectivity index (χ3v) is 6.28. The predicted molar refractivity (Wildman–Crippen MR) is 115 cm³/mol. The summed E-state index contributed by atoms with van der Waals surface area (Å²) in [6, 6.07) is -3.69. The first-order chi connectivity index (χ1) is 14.1. The number of rotatable bonds is 18. The van der Waals surface area contributed by atoms with E-state index in [9.17, 15) is 29.7 Å². The van der Waals surface area contributed by atoms with Gasteiger partial charge in [-0.3, -0.25) is 4.48 Å². The number of hydrogen-bond acceptors (Lipinski definition) is 4. The number of carbonyl (C=O) groups excluding carboxylic acids is 1. The second-order valence-corrected chi connectivity index (χ2v) is 8.29. The van der Waals surface area contributed by atoms with Gasteiger partial charge in [0, 0.05) is 0 Å². The molecule has 0 spiro atoms. The van der Waals surface area contributed by atoms with Crippen molar-refractivity contribution in [1.82, 2.24) is 0 Å². The molecule has 0 amide bonds. The number of carboxylic acid groups (broad SMARTS) is 3. The molecule has 0 heterocycles. The quantitative estimate of drug-likeness (QED) is 0.197. The summed E-state index contributed by atoms with van der Waals surface area (Å²) in [5, 5.41) is 30.6. The highest BCUT2D eigenvalue weighted by atomic mass is 16.4. The van der Waals surface area contributed by atoms with Gasteiger partial charge in [-0.05, 0) is 39.7 Å². The minimum Gasteiger partial charge on any atom is -0.544 e. The van der Waals surface area contributed by atoms with Crippen LogP contribution in [0, 0.1) is 0 Å². The van der Waals surface area contributed by atoms with Gasteiger partial charge in [0.2, 0.25) is 0 Å². The van der Waals surface area contributed by atoms with Crippen molar-refractivity contribution in [2.24, 2.45) is 0 Å². The monoisotopic (exact) mass is 427 g/mol. The zero-order valence-electron chi connectivity index (χ0n) is 19.1. The number of quaternary nitrogens is 1. The number of carboxylic acids is 3. The second kappa shape index (κ2) is 15.0. The SMILES string of the molecule is CCCCCCCCCCC/C=C/C[N+](C(C)C(=O)[O-])(C(C)C(=O)O)C(C)C(=O)O. The summed E-state index contributed by atoms with van der Waals surface area (Å²) in [6.45, 7) is 6.25. The Hall–Kier alpha value is -1.89. The number of nitrogens with zero attached hydrogens (tertiary/aromatic N) is 1. The first kappa shape index (κ1) is 28.1. The lowest BCUT2D eigenvalue weighted by molar-refractivity contribution is -0.964. The summed E-state index contributed by atoms with van der Waals surface area (Å²) in [5.74, 6) is -3.92. The zero-order chi connectivity index (χ0) is 23.2. The minimum absolute atomic E-state index is 0.00745. The number of hydrogen-bond donors (Lipinski definition) is 2. The van der Waals surface area contributed by atoms with Gasteiger partial charge in [-0.25, -0.2) is 9.59 Å². The number of unbranched alkanes of at least 4 members (excludes halogenated alkanes) is 9. The molecule has 0 aromatic carbocycles. The average Bonchev–Trinajstić information content (AvgIpc) is 2.70. The van der Waals surface area contributed by atoms with Crippen molar-refractivity contribution in [2.75, 3.05) is 6.54 Å². The molecule has 0 aromatic rings. The largest absolute Gasteiger partial charge is 0.544 e. The van der Waals surface area contributed by atoms with Gasteiger partial charge in [-0.1, -0.05) is 64.4 Å². The molecule has 0 radical (unpaired) electrons. The highest BCUT2D eigenvalue weighted by Gasteiger charge is 2.50. The van der Waals surface area contributed by atoms with Crippen LogP contribution in [0.4, 0.5) is 0 Å². The Labute approximate surface area is 181 Å². The van der Waals surface area contributed by atoms with Gasteiger partial charge in [0.1, 0.15) is 6.04 Å². The van der Waals surface area contributed by atoms with E-state index < -0.39 is 40.5 Å². The fourth-order valence-corrected chi connectivity index (χ4v) is 4.04. The highest BCUT2D eigenvalue weighted by Crippen LogP contribution is 2.26. The maximum Gasteiger partial charge on any atom is 0.362 e. The van der Waals surface area contributed by atoms with E-state index >= 15 is 0 Å². The molecule has 3 unspecified atom stereocenters. The molecule has 7 nitrogen and oxygen atoms in total. The molecule has 3 atom stereocenters. The molecular weight excluding hydrogens is 386 g/mol. The normalized spacial score (nSPS) is 16.7. The van der Waals surface area contributed by atoms with Gasteiger partial charge in [0.05, 0.1) is 12.5 Å². The van der Waals surface area contributed by atoms with E-state index in [0.717, 1.165) is 19.3 Å². The standard InChI is InChI=1S/C23H41NO6/c1-5-6-7-8-9-10-11-12-13-14-15-16-17-24(18(2)21(25)26,19(3)22(27)28)20(4)23(29)30/h15-16,18-20H,5-14,17H2,1-4H3,(H2-,25,26,27,28,29,30)/b16-15+. The van der Waals surface area contributed by atoms with Crippen molar-refractivity contribution in [1.29, 1.82) is 0 Å². The molecule has 174 valence electrons. The van der Waals surface area contributed by atoms with Crippen LogP contribution >= 0.6 is 0 Å². The summed E-state index contributed by atoms with van der Waals surface area (Å²) in [4.78, 5) is 34.9. The van der Waals surface area contributed by atoms with Crippen molar-refractivity contribution in [2.45, 2.75) is 110 Å². The minimum atomic E-state index is -1.46. The van der Waals surface area contributed by atoms with Crippen LogP contribution in [0.25, 0.3) is 0 Å². The maximum absolute atomic E-state index is 11.7. The van der Waals surface area contributed by atoms with Crippen LogP contribution in [0.2, 0.25) is 0 Å². The van der Waals surface area contributed by atoms with E-state index in [1.165, 1.54) is 65.7 Å². The first-order valence-electron chi connectivity index (χ1n) is 11.3. The van der Waals surface area contributed by atoms with Gasteiger partial charge < -0.3 is 20.1 Å². The average molecular weight is 428 g/mol. The summed E-state index contributed by atoms with van der Waals surface area (Å²) < 4.78 is -0.624. The molecule has 0 aliphatic heterocycles. The molecule has 0 aliphatic carbocycles. The number of carbonyl (C=O) groups is 3. The Kier molecular flexibility index (Phi) is 14.0. The fraction of sp³-hybridized carbons (Fsp3) is 0.783. The van der Waals surface area contributed by atoms with E-state index in [2.05, 4.69) is 6.92 Å². The van der Waals surface area contributed by atoms with Crippen LogP contribution in [0.15, 0.2) is 12.2 Å². The Morgan fingerprint density at radius 3 is 1.60 bits per heavy atom. The third-order valence-electron chi connectivity index (χ3n) is 6.28. The van der Waals surface area contributed by atoms with E-state index in [0.29, 0.717) is 0 Å². The number of allylic oxidation sites excluding steroid dienone is 1. The third kappa shape index (κ3) is 8.86. The Morgan fingerprint density at radius 1 is 0.767 bits per heavy atom. The molecule has 7 heteroatoms. The predicted octanol–water partition coefficient (Wildman–Crippen LogP) is 3.36. The molecule has 0 rings (SSSR count). The Bertz CT molecular complexity index is 510. The van der Waals surface area contributed by atoms with Crippen LogP contribution in [0.1, 0.15) is 91.9 Å². The van der Waals surface area contributed by atoms with E-state index in [-0.39, 0.29) is 6.54 Å². The maximum atomic E-state index is 11.7. The van der Waals surface area contributed by atoms with E-state index in [1.807, 2.05) is 6.08 Å². The number of aliphatic carboxylic acids is 3. The molecule has 2 N–H and O–H groups in total. The Morgan fingerprint density at radius 2 is 1.20 bits per heavy atom. The van der Waals surface area contributed by atoms with Crippen molar-refractivity contribution in [3.63, 3.8) is 0 Å². The van der Waals surface area contributed by atoms with Crippen LogP contribution in [0.5, 0.6) is 0 Å². The van der Waals surface area contributed by atoms with Crippen molar-refractivity contribution >= 4 is 17.9 Å². The zero-order valence-corrected chi connectivity index (χ0v) is 19.1. The summed E-state index contributed by atoms with van der Waals surface area (Å²) >= 11 is 0. The van der Waals surface area contributed by atoms with Crippen molar-refractivity contribution in [3.8, 4) is 0 Å². The van der Waals surface area contributed by atoms with Gasteiger partial charge >= 0.3 is 11.9 Å². The van der Waals surface area contributed by atoms with Gasteiger partial charge in [0.25, 0.3) is 0 Å². The molecule has 30 heavy (non-hydrogen) atoms. The molecule has 0 fully saturated rings. The van der Waals surface area contributed by atoms with Gasteiger partial charge in [-0.2, -0.15) is 0 Å². The molecule has 0 aromatic heterocycles. The molecule has 0 bridgehead atoms. The molecule has 0 saturated heterocycles. The van der Waals surface area contributed by atoms with E-state index in [4.69, 9.17) is 0 Å². The van der Waals surface area contributed by atoms with Crippen LogP contribution in [-0.2, 0) is 14.4 Å². The molecule has 0 saturated carbocycles. The van der Waals surface area contributed by atoms with Gasteiger partial charge in [-0.15, -0.1) is 0 Å². The molecule has 0 aliphatic rings. The summed E-state index contributed by atoms with van der Waals surface area (Å²) in [5.41, 5.74) is 0. The van der Waals surface area contributed by atoms with Gasteiger partial charge in [0.15, 0.2) is 12.1 Å². The van der Waals surface area contributed by atoms with Crippen LogP contribution in [-0.4, -0.2) is 57.3 Å². The lowest BCUT2D eigenvalue weighted by atomic mass is 10.0.